The fraction of sp³-hybridized carbons (Fsp3) is 0.917. The van der Waals surface area contributed by atoms with Gasteiger partial charge in [0.2, 0.25) is 0 Å². The van der Waals surface area contributed by atoms with Gasteiger partial charge in [0.1, 0.15) is 5.84 Å². The lowest BCUT2D eigenvalue weighted by Gasteiger charge is -2.39. The van der Waals surface area contributed by atoms with Gasteiger partial charge >= 0.3 is 0 Å². The average molecular weight is 239 g/mol. The first kappa shape index (κ1) is 12.8. The zero-order chi connectivity index (χ0) is 12.4. The summed E-state index contributed by atoms with van der Waals surface area (Å²) >= 11 is 0. The lowest BCUT2D eigenvalue weighted by Crippen LogP contribution is -2.52. The molecule has 0 aliphatic carbocycles. The predicted octanol–water partition coefficient (Wildman–Crippen LogP) is 0.328. The van der Waals surface area contributed by atoms with Crippen molar-refractivity contribution in [1.29, 1.82) is 5.41 Å². The van der Waals surface area contributed by atoms with Crippen LogP contribution in [-0.2, 0) is 0 Å². The summed E-state index contributed by atoms with van der Waals surface area (Å²) in [4.78, 5) is 4.90. The second-order valence-corrected chi connectivity index (χ2v) is 5.43. The molecule has 0 saturated carbocycles. The van der Waals surface area contributed by atoms with Gasteiger partial charge in [-0.3, -0.25) is 10.3 Å². The highest BCUT2D eigenvalue weighted by Gasteiger charge is 2.35. The first-order valence-corrected chi connectivity index (χ1v) is 6.60. The smallest absolute Gasteiger partial charge is 0.127 e. The van der Waals surface area contributed by atoms with Crippen molar-refractivity contribution in [2.75, 3.05) is 33.7 Å². The number of hydrazine groups is 1. The van der Waals surface area contributed by atoms with E-state index in [1.807, 2.05) is 0 Å². The Morgan fingerprint density at radius 2 is 1.88 bits per heavy atom. The Balaban J connectivity index is 1.97. The SMILES string of the molecule is CN1CCC(N2CCCC2C(=N)N(C)N)CC1. The van der Waals surface area contributed by atoms with Gasteiger partial charge in [0, 0.05) is 13.1 Å². The largest absolute Gasteiger partial charge is 0.306 e. The van der Waals surface area contributed by atoms with Gasteiger partial charge in [0.25, 0.3) is 0 Å². The maximum atomic E-state index is 8.08. The molecule has 98 valence electrons. The number of nitrogens with zero attached hydrogens (tertiary/aromatic N) is 3. The van der Waals surface area contributed by atoms with Gasteiger partial charge in [0.15, 0.2) is 0 Å². The third kappa shape index (κ3) is 2.78. The second-order valence-electron chi connectivity index (χ2n) is 5.43. The Labute approximate surface area is 104 Å². The third-order valence-corrected chi connectivity index (χ3v) is 4.15. The maximum Gasteiger partial charge on any atom is 0.127 e. The van der Waals surface area contributed by atoms with E-state index in [2.05, 4.69) is 16.8 Å². The van der Waals surface area contributed by atoms with Crippen LogP contribution in [-0.4, -0.2) is 66.5 Å². The summed E-state index contributed by atoms with van der Waals surface area (Å²) in [6, 6.07) is 0.900. The summed E-state index contributed by atoms with van der Waals surface area (Å²) in [5.41, 5.74) is 0. The molecule has 1 atom stereocenters. The lowest BCUT2D eigenvalue weighted by molar-refractivity contribution is 0.126. The monoisotopic (exact) mass is 239 g/mol. The summed E-state index contributed by atoms with van der Waals surface area (Å²) in [6.07, 6.45) is 4.75. The second kappa shape index (κ2) is 5.33. The van der Waals surface area contributed by atoms with E-state index >= 15 is 0 Å². The van der Waals surface area contributed by atoms with Gasteiger partial charge in [-0.05, 0) is 52.4 Å². The number of nitrogens with one attached hydrogen (secondary N) is 1. The summed E-state index contributed by atoms with van der Waals surface area (Å²) in [5, 5.41) is 9.55. The van der Waals surface area contributed by atoms with Crippen LogP contribution in [0.2, 0.25) is 0 Å². The number of likely N-dealkylation sites (tertiary alicyclic amines) is 2. The van der Waals surface area contributed by atoms with E-state index in [0.29, 0.717) is 11.9 Å². The van der Waals surface area contributed by atoms with Gasteiger partial charge < -0.3 is 9.91 Å². The molecule has 0 aromatic rings. The Morgan fingerprint density at radius 3 is 2.47 bits per heavy atom. The third-order valence-electron chi connectivity index (χ3n) is 4.15. The zero-order valence-corrected chi connectivity index (χ0v) is 11.0. The molecule has 5 heteroatoms. The highest BCUT2D eigenvalue weighted by Crippen LogP contribution is 2.26. The minimum absolute atomic E-state index is 0.249. The molecule has 3 N–H and O–H groups in total. The van der Waals surface area contributed by atoms with E-state index in [-0.39, 0.29) is 6.04 Å². The van der Waals surface area contributed by atoms with E-state index < -0.39 is 0 Å². The number of piperidine rings is 1. The Bertz CT molecular complexity index is 270. The van der Waals surface area contributed by atoms with Crippen LogP contribution in [0.3, 0.4) is 0 Å². The molecular weight excluding hydrogens is 214 g/mol. The minimum Gasteiger partial charge on any atom is -0.306 e. The molecule has 0 spiro atoms. The Morgan fingerprint density at radius 1 is 1.24 bits per heavy atom. The Kier molecular flexibility index (Phi) is 4.01. The molecule has 0 radical (unpaired) electrons. The summed E-state index contributed by atoms with van der Waals surface area (Å²) in [7, 11) is 3.96. The van der Waals surface area contributed by atoms with Crippen LogP contribution in [0.4, 0.5) is 0 Å². The van der Waals surface area contributed by atoms with Crippen LogP contribution in [0.25, 0.3) is 0 Å². The fourth-order valence-corrected chi connectivity index (χ4v) is 3.08. The molecule has 2 rings (SSSR count). The topological polar surface area (TPSA) is 59.6 Å². The van der Waals surface area contributed by atoms with Crippen LogP contribution in [0.1, 0.15) is 25.7 Å². The van der Waals surface area contributed by atoms with E-state index in [4.69, 9.17) is 11.3 Å². The van der Waals surface area contributed by atoms with E-state index in [1.54, 1.807) is 7.05 Å². The molecular formula is C12H25N5. The standard InChI is InChI=1S/C12H25N5/c1-15-8-5-10(6-9-15)17-7-3-4-11(17)12(13)16(2)14/h10-11,13H,3-9,14H2,1-2H3. The molecule has 5 nitrogen and oxygen atoms in total. The van der Waals surface area contributed by atoms with Gasteiger partial charge in [0.05, 0.1) is 6.04 Å². The molecule has 2 aliphatic heterocycles. The number of rotatable bonds is 2. The van der Waals surface area contributed by atoms with Crippen molar-refractivity contribution >= 4 is 5.84 Å². The van der Waals surface area contributed by atoms with Crippen LogP contribution in [0.15, 0.2) is 0 Å². The number of nitrogens with two attached hydrogens (primary N) is 1. The molecule has 1 unspecified atom stereocenters. The zero-order valence-electron chi connectivity index (χ0n) is 11.0. The van der Waals surface area contributed by atoms with Crippen molar-refractivity contribution in [2.45, 2.75) is 37.8 Å². The van der Waals surface area contributed by atoms with Crippen molar-refractivity contribution in [3.8, 4) is 0 Å². The number of amidine groups is 1. The van der Waals surface area contributed by atoms with Crippen molar-refractivity contribution in [1.82, 2.24) is 14.8 Å². The van der Waals surface area contributed by atoms with Crippen LogP contribution >= 0.6 is 0 Å². The first-order valence-electron chi connectivity index (χ1n) is 6.60. The average Bonchev–Trinajstić information content (AvgIpc) is 2.77. The van der Waals surface area contributed by atoms with Crippen molar-refractivity contribution in [3.05, 3.63) is 0 Å². The fourth-order valence-electron chi connectivity index (χ4n) is 3.08. The molecule has 0 aromatic heterocycles. The van der Waals surface area contributed by atoms with Crippen LogP contribution in [0.5, 0.6) is 0 Å². The number of hydrogen-bond donors (Lipinski definition) is 2. The van der Waals surface area contributed by atoms with Gasteiger partial charge in [-0.25, -0.2) is 5.84 Å². The van der Waals surface area contributed by atoms with Crippen molar-refractivity contribution in [2.24, 2.45) is 5.84 Å². The lowest BCUT2D eigenvalue weighted by atomic mass is 10.0. The molecule has 2 saturated heterocycles. The summed E-state index contributed by atoms with van der Waals surface area (Å²) in [5.74, 6) is 6.27. The molecule has 2 aliphatic rings. The molecule has 2 fully saturated rings. The molecule has 0 amide bonds. The van der Waals surface area contributed by atoms with Crippen molar-refractivity contribution in [3.63, 3.8) is 0 Å². The highest BCUT2D eigenvalue weighted by atomic mass is 15.4. The molecule has 2 heterocycles. The first-order chi connectivity index (χ1) is 8.09. The van der Waals surface area contributed by atoms with Crippen LogP contribution < -0.4 is 5.84 Å². The van der Waals surface area contributed by atoms with E-state index in [0.717, 1.165) is 13.0 Å². The van der Waals surface area contributed by atoms with Gasteiger partial charge in [-0.15, -0.1) is 0 Å². The highest BCUT2D eigenvalue weighted by molar-refractivity contribution is 5.84. The predicted molar refractivity (Wildman–Crippen MR) is 69.9 cm³/mol. The van der Waals surface area contributed by atoms with Gasteiger partial charge in [-0.1, -0.05) is 0 Å². The minimum atomic E-state index is 0.249. The molecule has 0 aromatic carbocycles. The Hall–Kier alpha value is -0.650. The maximum absolute atomic E-state index is 8.08. The quantitative estimate of drug-likeness (QED) is 0.315. The van der Waals surface area contributed by atoms with Crippen LogP contribution in [0, 0.1) is 5.41 Å². The van der Waals surface area contributed by atoms with E-state index in [9.17, 15) is 0 Å². The van der Waals surface area contributed by atoms with E-state index in [1.165, 1.54) is 37.4 Å². The molecule has 17 heavy (non-hydrogen) atoms. The number of likely N-dealkylation sites (N-methyl/N-ethyl adjacent to an activating group) is 1. The summed E-state index contributed by atoms with van der Waals surface area (Å²) in [6.45, 7) is 3.49. The normalized spacial score (nSPS) is 28.5. The van der Waals surface area contributed by atoms with Gasteiger partial charge in [-0.2, -0.15) is 0 Å². The summed E-state index contributed by atoms with van der Waals surface area (Å²) < 4.78 is 0. The molecule has 0 bridgehead atoms. The number of hydrogen-bond acceptors (Lipinski definition) is 4. The van der Waals surface area contributed by atoms with Crippen molar-refractivity contribution < 1.29 is 0 Å².